The van der Waals surface area contributed by atoms with Gasteiger partial charge in [-0.1, -0.05) is 13.0 Å². The zero-order valence-corrected chi connectivity index (χ0v) is 12.8. The molecule has 0 radical (unpaired) electrons. The number of nitrogens with one attached hydrogen (secondary N) is 2. The number of carbonyl (C=O) groups is 1. The summed E-state index contributed by atoms with van der Waals surface area (Å²) >= 11 is 0. The third-order valence-electron chi connectivity index (χ3n) is 3.49. The van der Waals surface area contributed by atoms with E-state index in [4.69, 9.17) is 4.74 Å². The number of morpholine rings is 1. The van der Waals surface area contributed by atoms with Gasteiger partial charge in [-0.15, -0.1) is 0 Å². The van der Waals surface area contributed by atoms with Crippen molar-refractivity contribution in [3.8, 4) is 0 Å². The highest BCUT2D eigenvalue weighted by atomic mass is 16.5. The molecule has 0 aliphatic carbocycles. The van der Waals surface area contributed by atoms with Crippen LogP contribution in [-0.2, 0) is 16.1 Å². The fourth-order valence-electron chi connectivity index (χ4n) is 2.45. The maximum Gasteiger partial charge on any atom is 0.245 e. The molecule has 1 aromatic heterocycles. The first-order chi connectivity index (χ1) is 10.3. The van der Waals surface area contributed by atoms with Crippen LogP contribution in [0.4, 0.5) is 5.82 Å². The molecule has 2 heterocycles. The maximum absolute atomic E-state index is 12.2. The number of anilines is 1. The number of aromatic nitrogens is 1. The molecule has 116 valence electrons. The zero-order valence-electron chi connectivity index (χ0n) is 12.8. The van der Waals surface area contributed by atoms with E-state index < -0.39 is 0 Å². The van der Waals surface area contributed by atoms with Gasteiger partial charge in [0.05, 0.1) is 13.2 Å². The number of hydrogen-bond acceptors (Lipinski definition) is 5. The molecular formula is C15H24N4O2. The molecule has 21 heavy (non-hydrogen) atoms. The minimum atomic E-state index is -0.311. The Morgan fingerprint density at radius 3 is 3.10 bits per heavy atom. The van der Waals surface area contributed by atoms with Crippen LogP contribution in [0.2, 0.25) is 0 Å². The van der Waals surface area contributed by atoms with Gasteiger partial charge in [-0.25, -0.2) is 4.98 Å². The fourth-order valence-corrected chi connectivity index (χ4v) is 2.45. The van der Waals surface area contributed by atoms with Gasteiger partial charge in [-0.3, -0.25) is 4.79 Å². The van der Waals surface area contributed by atoms with E-state index in [1.54, 1.807) is 6.20 Å². The van der Waals surface area contributed by atoms with Gasteiger partial charge in [0, 0.05) is 31.4 Å². The first-order valence-corrected chi connectivity index (χ1v) is 7.54. The maximum atomic E-state index is 12.2. The predicted octanol–water partition coefficient (Wildman–Crippen LogP) is 0.532. The molecule has 1 saturated heterocycles. The summed E-state index contributed by atoms with van der Waals surface area (Å²) in [4.78, 5) is 18.8. The van der Waals surface area contributed by atoms with Crippen molar-refractivity contribution in [1.29, 1.82) is 0 Å². The first kappa shape index (κ1) is 15.7. The van der Waals surface area contributed by atoms with Crippen LogP contribution in [0, 0.1) is 0 Å². The van der Waals surface area contributed by atoms with Gasteiger partial charge >= 0.3 is 0 Å². The van der Waals surface area contributed by atoms with Crippen molar-refractivity contribution in [3.05, 3.63) is 23.9 Å². The van der Waals surface area contributed by atoms with Crippen LogP contribution in [0.5, 0.6) is 0 Å². The van der Waals surface area contributed by atoms with Gasteiger partial charge in [0.2, 0.25) is 5.91 Å². The zero-order chi connectivity index (χ0) is 15.1. The van der Waals surface area contributed by atoms with E-state index >= 15 is 0 Å². The lowest BCUT2D eigenvalue weighted by Gasteiger charge is -2.36. The molecule has 1 atom stereocenters. The second-order valence-corrected chi connectivity index (χ2v) is 4.95. The van der Waals surface area contributed by atoms with E-state index in [9.17, 15) is 4.79 Å². The summed E-state index contributed by atoms with van der Waals surface area (Å²) in [5, 5.41) is 6.19. The molecule has 0 bridgehead atoms. The van der Waals surface area contributed by atoms with Crippen molar-refractivity contribution in [3.63, 3.8) is 0 Å². The highest BCUT2D eigenvalue weighted by molar-refractivity contribution is 5.85. The largest absolute Gasteiger partial charge is 0.377 e. The van der Waals surface area contributed by atoms with Crippen molar-refractivity contribution >= 4 is 11.7 Å². The van der Waals surface area contributed by atoms with Gasteiger partial charge in [-0.2, -0.15) is 0 Å². The minimum Gasteiger partial charge on any atom is -0.377 e. The average Bonchev–Trinajstić information content (AvgIpc) is 2.53. The smallest absolute Gasteiger partial charge is 0.245 e. The SMILES string of the molecule is CCNCc1cccnc1N1CCOCC1C(=O)NCC. The van der Waals surface area contributed by atoms with Gasteiger partial charge in [0.25, 0.3) is 0 Å². The summed E-state index contributed by atoms with van der Waals surface area (Å²) in [6, 6.07) is 3.67. The second-order valence-electron chi connectivity index (χ2n) is 4.95. The topological polar surface area (TPSA) is 66.5 Å². The molecular weight excluding hydrogens is 268 g/mol. The van der Waals surface area contributed by atoms with Crippen LogP contribution >= 0.6 is 0 Å². The molecule has 1 amide bonds. The quantitative estimate of drug-likeness (QED) is 0.801. The second kappa shape index (κ2) is 7.95. The van der Waals surface area contributed by atoms with Crippen LogP contribution in [0.3, 0.4) is 0 Å². The number of nitrogens with zero attached hydrogens (tertiary/aromatic N) is 2. The number of amides is 1. The third kappa shape index (κ3) is 3.92. The minimum absolute atomic E-state index is 0.00254. The molecule has 1 unspecified atom stereocenters. The summed E-state index contributed by atoms with van der Waals surface area (Å²) in [5.41, 5.74) is 1.11. The third-order valence-corrected chi connectivity index (χ3v) is 3.49. The van der Waals surface area contributed by atoms with Gasteiger partial charge in [0.15, 0.2) is 0 Å². The van der Waals surface area contributed by atoms with Crippen molar-refractivity contribution in [2.24, 2.45) is 0 Å². The van der Waals surface area contributed by atoms with E-state index in [1.807, 2.05) is 13.0 Å². The summed E-state index contributed by atoms with van der Waals surface area (Å²) in [7, 11) is 0. The van der Waals surface area contributed by atoms with Gasteiger partial charge in [0.1, 0.15) is 11.9 Å². The van der Waals surface area contributed by atoms with Crippen LogP contribution < -0.4 is 15.5 Å². The number of hydrogen-bond donors (Lipinski definition) is 2. The van der Waals surface area contributed by atoms with Crippen molar-refractivity contribution in [2.45, 2.75) is 26.4 Å². The van der Waals surface area contributed by atoms with E-state index in [0.29, 0.717) is 26.3 Å². The van der Waals surface area contributed by atoms with Crippen LogP contribution in [0.1, 0.15) is 19.4 Å². The monoisotopic (exact) mass is 292 g/mol. The van der Waals surface area contributed by atoms with E-state index in [1.165, 1.54) is 0 Å². The lowest BCUT2D eigenvalue weighted by atomic mass is 10.1. The molecule has 2 rings (SSSR count). The summed E-state index contributed by atoms with van der Waals surface area (Å²) in [5.74, 6) is 0.871. The number of rotatable bonds is 6. The summed E-state index contributed by atoms with van der Waals surface area (Å²) in [6.07, 6.45) is 1.77. The Hall–Kier alpha value is -1.66. The number of carbonyl (C=O) groups excluding carboxylic acids is 1. The highest BCUT2D eigenvalue weighted by Crippen LogP contribution is 2.22. The van der Waals surface area contributed by atoms with E-state index in [0.717, 1.165) is 24.5 Å². The molecule has 1 fully saturated rings. The Balaban J connectivity index is 2.22. The van der Waals surface area contributed by atoms with Crippen molar-refractivity contribution in [2.75, 3.05) is 37.7 Å². The molecule has 0 aromatic carbocycles. The first-order valence-electron chi connectivity index (χ1n) is 7.54. The highest BCUT2D eigenvalue weighted by Gasteiger charge is 2.31. The van der Waals surface area contributed by atoms with Crippen LogP contribution in [0.15, 0.2) is 18.3 Å². The van der Waals surface area contributed by atoms with Gasteiger partial charge < -0.3 is 20.3 Å². The molecule has 6 nitrogen and oxygen atoms in total. The Morgan fingerprint density at radius 2 is 2.33 bits per heavy atom. The number of ether oxygens (including phenoxy) is 1. The Labute approximate surface area is 125 Å². The van der Waals surface area contributed by atoms with Crippen LogP contribution in [-0.4, -0.2) is 49.8 Å². The summed E-state index contributed by atoms with van der Waals surface area (Å²) in [6.45, 7) is 7.96. The molecule has 0 spiro atoms. The fraction of sp³-hybridized carbons (Fsp3) is 0.600. The molecule has 1 aliphatic rings. The molecule has 0 saturated carbocycles. The van der Waals surface area contributed by atoms with Crippen molar-refractivity contribution < 1.29 is 9.53 Å². The Kier molecular flexibility index (Phi) is 5.95. The normalized spacial score (nSPS) is 18.6. The molecule has 1 aromatic rings. The average molecular weight is 292 g/mol. The standard InChI is InChI=1S/C15H24N4O2/c1-3-16-10-12-6-5-7-18-14(12)19-8-9-21-11-13(19)15(20)17-4-2/h5-7,13,16H,3-4,8-11H2,1-2H3,(H,17,20). The number of pyridine rings is 1. The molecule has 2 N–H and O–H groups in total. The Morgan fingerprint density at radius 1 is 1.48 bits per heavy atom. The van der Waals surface area contributed by atoms with E-state index in [2.05, 4.69) is 33.5 Å². The molecule has 6 heteroatoms. The van der Waals surface area contributed by atoms with E-state index in [-0.39, 0.29) is 11.9 Å². The van der Waals surface area contributed by atoms with Gasteiger partial charge in [-0.05, 0) is 19.5 Å². The summed E-state index contributed by atoms with van der Waals surface area (Å²) < 4.78 is 5.48. The number of likely N-dealkylation sites (N-methyl/N-ethyl adjacent to an activating group) is 1. The Bertz CT molecular complexity index is 467. The molecule has 1 aliphatic heterocycles. The lowest BCUT2D eigenvalue weighted by Crippen LogP contribution is -2.54. The lowest BCUT2D eigenvalue weighted by molar-refractivity contribution is -0.124. The van der Waals surface area contributed by atoms with Crippen LogP contribution in [0.25, 0.3) is 0 Å². The van der Waals surface area contributed by atoms with Crippen molar-refractivity contribution in [1.82, 2.24) is 15.6 Å². The predicted molar refractivity (Wildman–Crippen MR) is 82.3 cm³/mol.